The van der Waals surface area contributed by atoms with Crippen molar-refractivity contribution in [3.8, 4) is 5.75 Å². The lowest BCUT2D eigenvalue weighted by Crippen LogP contribution is -2.42. The first kappa shape index (κ1) is 19.5. The van der Waals surface area contributed by atoms with E-state index in [0.29, 0.717) is 6.54 Å². The average Bonchev–Trinajstić information content (AvgIpc) is 3.48. The number of hydrogen-bond acceptors (Lipinski definition) is 4. The number of ether oxygens (including phenoxy) is 2. The van der Waals surface area contributed by atoms with Gasteiger partial charge in [0.15, 0.2) is 5.96 Å². The Bertz CT molecular complexity index is 515. The molecule has 0 atom stereocenters. The van der Waals surface area contributed by atoms with Crippen molar-refractivity contribution in [2.24, 2.45) is 4.99 Å². The highest BCUT2D eigenvalue weighted by molar-refractivity contribution is 5.79. The number of aliphatic imine (C=N–C) groups is 1. The predicted molar refractivity (Wildman–Crippen MR) is 102 cm³/mol. The molecule has 0 amide bonds. The fourth-order valence-electron chi connectivity index (χ4n) is 2.69. The van der Waals surface area contributed by atoms with Crippen molar-refractivity contribution in [3.05, 3.63) is 29.8 Å². The maximum atomic E-state index is 5.21. The molecule has 2 rings (SSSR count). The summed E-state index contributed by atoms with van der Waals surface area (Å²) in [6.07, 6.45) is 2.63. The van der Waals surface area contributed by atoms with Crippen LogP contribution in [0.3, 0.4) is 0 Å². The lowest BCUT2D eigenvalue weighted by molar-refractivity contribution is 0.144. The SMILES string of the molecule is CCNC(=NCc1ccc(OC)cc1)NCCN(CCOC)C1CC1. The number of benzene rings is 1. The van der Waals surface area contributed by atoms with E-state index in [1.54, 1.807) is 14.2 Å². The first-order chi connectivity index (χ1) is 12.3. The largest absolute Gasteiger partial charge is 0.497 e. The fraction of sp³-hybridized carbons (Fsp3) is 0.632. The van der Waals surface area contributed by atoms with Crippen LogP contribution in [0.25, 0.3) is 0 Å². The van der Waals surface area contributed by atoms with E-state index < -0.39 is 0 Å². The van der Waals surface area contributed by atoms with E-state index >= 15 is 0 Å². The second kappa shape index (κ2) is 10.9. The van der Waals surface area contributed by atoms with Gasteiger partial charge < -0.3 is 20.1 Å². The monoisotopic (exact) mass is 348 g/mol. The van der Waals surface area contributed by atoms with E-state index in [1.165, 1.54) is 12.8 Å². The molecule has 1 fully saturated rings. The maximum absolute atomic E-state index is 5.21. The lowest BCUT2D eigenvalue weighted by atomic mass is 10.2. The second-order valence-corrected chi connectivity index (χ2v) is 6.23. The van der Waals surface area contributed by atoms with Gasteiger partial charge in [-0.3, -0.25) is 4.90 Å². The van der Waals surface area contributed by atoms with E-state index in [9.17, 15) is 0 Å². The van der Waals surface area contributed by atoms with Crippen molar-refractivity contribution >= 4 is 5.96 Å². The molecule has 2 N–H and O–H groups in total. The van der Waals surface area contributed by atoms with Crippen LogP contribution in [0.15, 0.2) is 29.3 Å². The molecule has 1 aromatic carbocycles. The molecular formula is C19H32N4O2. The summed E-state index contributed by atoms with van der Waals surface area (Å²) in [5, 5.41) is 6.74. The van der Waals surface area contributed by atoms with Crippen LogP contribution in [0.1, 0.15) is 25.3 Å². The molecule has 1 aliphatic carbocycles. The molecule has 1 aliphatic rings. The molecule has 0 bridgehead atoms. The van der Waals surface area contributed by atoms with Gasteiger partial charge in [-0.25, -0.2) is 4.99 Å². The van der Waals surface area contributed by atoms with Crippen LogP contribution in [0.2, 0.25) is 0 Å². The molecule has 140 valence electrons. The summed E-state index contributed by atoms with van der Waals surface area (Å²) < 4.78 is 10.4. The predicted octanol–water partition coefficient (Wildman–Crippen LogP) is 1.86. The lowest BCUT2D eigenvalue weighted by Gasteiger charge is -2.22. The van der Waals surface area contributed by atoms with Gasteiger partial charge in [0, 0.05) is 39.3 Å². The van der Waals surface area contributed by atoms with Crippen LogP contribution in [0.4, 0.5) is 0 Å². The molecular weight excluding hydrogens is 316 g/mol. The Kier molecular flexibility index (Phi) is 8.55. The van der Waals surface area contributed by atoms with E-state index in [-0.39, 0.29) is 0 Å². The molecule has 1 saturated carbocycles. The highest BCUT2D eigenvalue weighted by atomic mass is 16.5. The molecule has 0 radical (unpaired) electrons. The highest BCUT2D eigenvalue weighted by Gasteiger charge is 2.28. The van der Waals surface area contributed by atoms with Crippen molar-refractivity contribution < 1.29 is 9.47 Å². The zero-order chi connectivity index (χ0) is 17.9. The maximum Gasteiger partial charge on any atom is 0.191 e. The van der Waals surface area contributed by atoms with Crippen LogP contribution in [0.5, 0.6) is 5.75 Å². The Morgan fingerprint density at radius 1 is 1.16 bits per heavy atom. The van der Waals surface area contributed by atoms with Crippen molar-refractivity contribution in [1.82, 2.24) is 15.5 Å². The summed E-state index contributed by atoms with van der Waals surface area (Å²) in [6, 6.07) is 8.77. The third kappa shape index (κ3) is 7.32. The van der Waals surface area contributed by atoms with Gasteiger partial charge in [-0.15, -0.1) is 0 Å². The second-order valence-electron chi connectivity index (χ2n) is 6.23. The summed E-state index contributed by atoms with van der Waals surface area (Å²) in [6.45, 7) is 7.28. The van der Waals surface area contributed by atoms with E-state index in [4.69, 9.17) is 9.47 Å². The first-order valence-electron chi connectivity index (χ1n) is 9.15. The molecule has 6 heteroatoms. The molecule has 0 spiro atoms. The van der Waals surface area contributed by atoms with Gasteiger partial charge in [0.1, 0.15) is 5.75 Å². The van der Waals surface area contributed by atoms with Gasteiger partial charge in [-0.1, -0.05) is 12.1 Å². The summed E-state index contributed by atoms with van der Waals surface area (Å²) in [5.41, 5.74) is 1.16. The number of nitrogens with one attached hydrogen (secondary N) is 2. The molecule has 6 nitrogen and oxygen atoms in total. The Morgan fingerprint density at radius 2 is 1.92 bits per heavy atom. The van der Waals surface area contributed by atoms with Gasteiger partial charge in [-0.05, 0) is 37.5 Å². The number of guanidine groups is 1. The quantitative estimate of drug-likeness (QED) is 0.472. The third-order valence-corrected chi connectivity index (χ3v) is 4.26. The third-order valence-electron chi connectivity index (χ3n) is 4.26. The molecule has 0 aromatic heterocycles. The van der Waals surface area contributed by atoms with Crippen molar-refractivity contribution in [2.75, 3.05) is 47.0 Å². The van der Waals surface area contributed by atoms with Crippen molar-refractivity contribution in [2.45, 2.75) is 32.4 Å². The minimum absolute atomic E-state index is 0.648. The molecule has 0 aliphatic heterocycles. The minimum atomic E-state index is 0.648. The van der Waals surface area contributed by atoms with Gasteiger partial charge in [0.25, 0.3) is 0 Å². The zero-order valence-electron chi connectivity index (χ0n) is 15.8. The molecule has 0 heterocycles. The van der Waals surface area contributed by atoms with Crippen LogP contribution in [0, 0.1) is 0 Å². The van der Waals surface area contributed by atoms with Gasteiger partial charge in [0.05, 0.1) is 20.3 Å². The van der Waals surface area contributed by atoms with Crippen molar-refractivity contribution in [3.63, 3.8) is 0 Å². The summed E-state index contributed by atoms with van der Waals surface area (Å²) in [7, 11) is 3.44. The fourth-order valence-corrected chi connectivity index (χ4v) is 2.69. The van der Waals surface area contributed by atoms with Gasteiger partial charge >= 0.3 is 0 Å². The highest BCUT2D eigenvalue weighted by Crippen LogP contribution is 2.25. The summed E-state index contributed by atoms with van der Waals surface area (Å²) >= 11 is 0. The van der Waals surface area contributed by atoms with Crippen molar-refractivity contribution in [1.29, 1.82) is 0 Å². The standard InChI is InChI=1S/C19H32N4O2/c1-4-20-19(22-15-16-5-9-18(25-3)10-6-16)21-11-12-23(13-14-24-2)17-7-8-17/h5-6,9-10,17H,4,7-8,11-15H2,1-3H3,(H2,20,21,22). The van der Waals surface area contributed by atoms with Crippen LogP contribution < -0.4 is 15.4 Å². The zero-order valence-corrected chi connectivity index (χ0v) is 15.8. The molecule has 0 saturated heterocycles. The van der Waals surface area contributed by atoms with E-state index in [0.717, 1.165) is 56.1 Å². The minimum Gasteiger partial charge on any atom is -0.497 e. The number of nitrogens with zero attached hydrogens (tertiary/aromatic N) is 2. The topological polar surface area (TPSA) is 58.1 Å². The Balaban J connectivity index is 1.79. The molecule has 1 aromatic rings. The van der Waals surface area contributed by atoms with E-state index in [1.807, 2.05) is 24.3 Å². The summed E-state index contributed by atoms with van der Waals surface area (Å²) in [4.78, 5) is 7.17. The Hall–Kier alpha value is -1.79. The summed E-state index contributed by atoms with van der Waals surface area (Å²) in [5.74, 6) is 1.73. The van der Waals surface area contributed by atoms with Crippen LogP contribution in [-0.2, 0) is 11.3 Å². The smallest absolute Gasteiger partial charge is 0.191 e. The molecule has 0 unspecified atom stereocenters. The Labute approximate surface area is 151 Å². The first-order valence-corrected chi connectivity index (χ1v) is 9.15. The van der Waals surface area contributed by atoms with Crippen LogP contribution in [-0.4, -0.2) is 63.9 Å². The molecule has 25 heavy (non-hydrogen) atoms. The number of rotatable bonds is 11. The van der Waals surface area contributed by atoms with Crippen LogP contribution >= 0.6 is 0 Å². The normalized spacial score (nSPS) is 14.6. The Morgan fingerprint density at radius 3 is 2.52 bits per heavy atom. The van der Waals surface area contributed by atoms with E-state index in [2.05, 4.69) is 27.4 Å². The number of hydrogen-bond donors (Lipinski definition) is 2. The average molecular weight is 348 g/mol. The van der Waals surface area contributed by atoms with Gasteiger partial charge in [0.2, 0.25) is 0 Å². The van der Waals surface area contributed by atoms with Gasteiger partial charge in [-0.2, -0.15) is 0 Å². The number of methoxy groups -OCH3 is 2.